The Kier molecular flexibility index (Phi) is 4.06. The molecule has 0 aliphatic heterocycles. The summed E-state index contributed by atoms with van der Waals surface area (Å²) in [6.07, 6.45) is 1.37. The van der Waals surface area contributed by atoms with Gasteiger partial charge in [0.25, 0.3) is 10.0 Å². The highest BCUT2D eigenvalue weighted by Gasteiger charge is 2.23. The molecule has 2 aromatic rings. The van der Waals surface area contributed by atoms with E-state index in [9.17, 15) is 8.42 Å². The molecule has 2 rings (SSSR count). The van der Waals surface area contributed by atoms with Crippen molar-refractivity contribution in [2.24, 2.45) is 0 Å². The molecular weight excluding hydrogens is 312 g/mol. The van der Waals surface area contributed by atoms with Crippen LogP contribution in [0.5, 0.6) is 0 Å². The molecule has 112 valence electrons. The van der Waals surface area contributed by atoms with Gasteiger partial charge in [0.2, 0.25) is 5.95 Å². The van der Waals surface area contributed by atoms with Gasteiger partial charge in [-0.15, -0.1) is 0 Å². The van der Waals surface area contributed by atoms with Crippen LogP contribution in [0.2, 0.25) is 5.15 Å². The summed E-state index contributed by atoms with van der Waals surface area (Å²) >= 11 is 5.73. The van der Waals surface area contributed by atoms with Crippen LogP contribution in [0.4, 0.5) is 11.6 Å². The standard InChI is InChI=1S/C13H15ClN4O2S/c1-7-6-10(15)9(3)12(8(7)2)21(19,20)18-13-16-5-4-11(14)17-13/h4-6H,15H2,1-3H3,(H,16,17,18). The molecule has 0 fully saturated rings. The maximum absolute atomic E-state index is 12.6. The highest BCUT2D eigenvalue weighted by molar-refractivity contribution is 7.92. The van der Waals surface area contributed by atoms with Gasteiger partial charge >= 0.3 is 0 Å². The summed E-state index contributed by atoms with van der Waals surface area (Å²) in [6, 6.07) is 3.21. The highest BCUT2D eigenvalue weighted by atomic mass is 35.5. The zero-order chi connectivity index (χ0) is 15.8. The van der Waals surface area contributed by atoms with Crippen molar-refractivity contribution in [1.29, 1.82) is 0 Å². The molecule has 8 heteroatoms. The number of sulfonamides is 1. The van der Waals surface area contributed by atoms with Gasteiger partial charge in [-0.3, -0.25) is 0 Å². The monoisotopic (exact) mass is 326 g/mol. The number of anilines is 2. The lowest BCUT2D eigenvalue weighted by Crippen LogP contribution is -2.18. The average Bonchev–Trinajstić information content (AvgIpc) is 2.35. The molecule has 1 aromatic heterocycles. The van der Waals surface area contributed by atoms with E-state index in [1.54, 1.807) is 26.8 Å². The van der Waals surface area contributed by atoms with Gasteiger partial charge < -0.3 is 5.73 Å². The van der Waals surface area contributed by atoms with Crippen molar-refractivity contribution in [3.8, 4) is 0 Å². The van der Waals surface area contributed by atoms with E-state index in [0.717, 1.165) is 5.56 Å². The van der Waals surface area contributed by atoms with E-state index in [1.165, 1.54) is 12.3 Å². The molecule has 0 aliphatic carbocycles. The van der Waals surface area contributed by atoms with Crippen LogP contribution in [0.3, 0.4) is 0 Å². The topological polar surface area (TPSA) is 98.0 Å². The van der Waals surface area contributed by atoms with Gasteiger partial charge in [-0.2, -0.15) is 0 Å². The number of nitrogens with two attached hydrogens (primary N) is 1. The Hall–Kier alpha value is -1.86. The molecule has 0 unspecified atom stereocenters. The third-order valence-corrected chi connectivity index (χ3v) is 5.01. The predicted molar refractivity (Wildman–Crippen MR) is 82.9 cm³/mol. The number of hydrogen-bond donors (Lipinski definition) is 2. The third kappa shape index (κ3) is 3.08. The molecule has 6 nitrogen and oxygen atoms in total. The van der Waals surface area contributed by atoms with Crippen LogP contribution in [-0.2, 0) is 10.0 Å². The number of benzene rings is 1. The highest BCUT2D eigenvalue weighted by Crippen LogP contribution is 2.28. The normalized spacial score (nSPS) is 11.4. The molecule has 3 N–H and O–H groups in total. The van der Waals surface area contributed by atoms with Gasteiger partial charge in [-0.05, 0) is 49.6 Å². The van der Waals surface area contributed by atoms with Crippen molar-refractivity contribution in [2.45, 2.75) is 25.7 Å². The maximum Gasteiger partial charge on any atom is 0.264 e. The summed E-state index contributed by atoms with van der Waals surface area (Å²) in [7, 11) is -3.85. The van der Waals surface area contributed by atoms with E-state index >= 15 is 0 Å². The Morgan fingerprint density at radius 1 is 1.24 bits per heavy atom. The molecule has 1 aromatic carbocycles. The smallest absolute Gasteiger partial charge is 0.264 e. The van der Waals surface area contributed by atoms with E-state index in [4.69, 9.17) is 17.3 Å². The minimum atomic E-state index is -3.85. The van der Waals surface area contributed by atoms with Gasteiger partial charge in [0.1, 0.15) is 5.15 Å². The van der Waals surface area contributed by atoms with Crippen LogP contribution in [0.15, 0.2) is 23.2 Å². The van der Waals surface area contributed by atoms with Gasteiger partial charge in [0.15, 0.2) is 0 Å². The second kappa shape index (κ2) is 5.50. The number of aromatic nitrogens is 2. The summed E-state index contributed by atoms with van der Waals surface area (Å²) in [5, 5.41) is 0.153. The fraction of sp³-hybridized carbons (Fsp3) is 0.231. The summed E-state index contributed by atoms with van der Waals surface area (Å²) < 4.78 is 27.5. The fourth-order valence-corrected chi connectivity index (χ4v) is 3.66. The van der Waals surface area contributed by atoms with Crippen LogP contribution in [0.1, 0.15) is 16.7 Å². The van der Waals surface area contributed by atoms with Crippen molar-refractivity contribution in [3.05, 3.63) is 40.2 Å². The Balaban J connectivity index is 2.55. The number of nitrogens with one attached hydrogen (secondary N) is 1. The lowest BCUT2D eigenvalue weighted by atomic mass is 10.1. The van der Waals surface area contributed by atoms with E-state index in [2.05, 4.69) is 14.7 Å². The predicted octanol–water partition coefficient (Wildman–Crippen LogP) is 2.44. The number of aryl methyl sites for hydroxylation is 1. The molecule has 0 bridgehead atoms. The molecule has 1 heterocycles. The molecule has 0 amide bonds. The van der Waals surface area contributed by atoms with Crippen LogP contribution in [-0.4, -0.2) is 18.4 Å². The van der Waals surface area contributed by atoms with Crippen molar-refractivity contribution in [3.63, 3.8) is 0 Å². The molecule has 0 spiro atoms. The molecular formula is C13H15ClN4O2S. The first-order chi connectivity index (χ1) is 9.72. The van der Waals surface area contributed by atoms with Crippen molar-refractivity contribution >= 4 is 33.3 Å². The zero-order valence-corrected chi connectivity index (χ0v) is 13.4. The second-order valence-electron chi connectivity index (χ2n) is 4.67. The first-order valence-electron chi connectivity index (χ1n) is 6.10. The lowest BCUT2D eigenvalue weighted by molar-refractivity contribution is 0.599. The van der Waals surface area contributed by atoms with Gasteiger partial charge in [0.05, 0.1) is 4.90 Å². The first kappa shape index (κ1) is 15.5. The van der Waals surface area contributed by atoms with Crippen LogP contribution < -0.4 is 10.5 Å². The van der Waals surface area contributed by atoms with Crippen LogP contribution in [0.25, 0.3) is 0 Å². The number of nitrogen functional groups attached to an aromatic ring is 1. The fourth-order valence-electron chi connectivity index (χ4n) is 2.00. The lowest BCUT2D eigenvalue weighted by Gasteiger charge is -2.15. The summed E-state index contributed by atoms with van der Waals surface area (Å²) in [4.78, 5) is 7.80. The summed E-state index contributed by atoms with van der Waals surface area (Å²) in [6.45, 7) is 5.20. The average molecular weight is 327 g/mol. The van der Waals surface area contributed by atoms with Crippen molar-refractivity contribution in [1.82, 2.24) is 9.97 Å². The number of nitrogens with zero attached hydrogens (tertiary/aromatic N) is 2. The first-order valence-corrected chi connectivity index (χ1v) is 7.96. The SMILES string of the molecule is Cc1cc(N)c(C)c(S(=O)(=O)Nc2nccc(Cl)n2)c1C. The number of halogens is 1. The Morgan fingerprint density at radius 3 is 2.52 bits per heavy atom. The number of rotatable bonds is 3. The molecule has 21 heavy (non-hydrogen) atoms. The summed E-state index contributed by atoms with van der Waals surface area (Å²) in [5.41, 5.74) is 8.21. The van der Waals surface area contributed by atoms with Crippen molar-refractivity contribution in [2.75, 3.05) is 10.5 Å². The molecule has 0 saturated carbocycles. The second-order valence-corrected chi connectivity index (χ2v) is 6.68. The van der Waals surface area contributed by atoms with E-state index in [-0.39, 0.29) is 16.0 Å². The molecule has 0 aliphatic rings. The van der Waals surface area contributed by atoms with E-state index < -0.39 is 10.0 Å². The van der Waals surface area contributed by atoms with Gasteiger partial charge in [-0.1, -0.05) is 11.6 Å². The quantitative estimate of drug-likeness (QED) is 0.666. The maximum atomic E-state index is 12.6. The zero-order valence-electron chi connectivity index (χ0n) is 11.8. The van der Waals surface area contributed by atoms with E-state index in [1.807, 2.05) is 0 Å². The largest absolute Gasteiger partial charge is 0.398 e. The minimum Gasteiger partial charge on any atom is -0.398 e. The Bertz CT molecular complexity index is 780. The van der Waals surface area contributed by atoms with Crippen LogP contribution in [0, 0.1) is 20.8 Å². The Morgan fingerprint density at radius 2 is 1.90 bits per heavy atom. The molecule has 0 saturated heterocycles. The molecule has 0 radical (unpaired) electrons. The number of hydrogen-bond acceptors (Lipinski definition) is 5. The van der Waals surface area contributed by atoms with Crippen molar-refractivity contribution < 1.29 is 8.42 Å². The van der Waals surface area contributed by atoms with Crippen LogP contribution >= 0.6 is 11.6 Å². The van der Waals surface area contributed by atoms with E-state index in [0.29, 0.717) is 16.8 Å². The molecule has 0 atom stereocenters. The Labute approximate surface area is 128 Å². The minimum absolute atomic E-state index is 0.0821. The van der Waals surface area contributed by atoms with Gasteiger partial charge in [0, 0.05) is 11.9 Å². The van der Waals surface area contributed by atoms with Gasteiger partial charge in [-0.25, -0.2) is 23.1 Å². The third-order valence-electron chi connectivity index (χ3n) is 3.19. The summed E-state index contributed by atoms with van der Waals surface area (Å²) in [5.74, 6) is -0.0821.